The largest absolute Gasteiger partial charge is 0.354 e. The summed E-state index contributed by atoms with van der Waals surface area (Å²) < 4.78 is 0. The zero-order valence-electron chi connectivity index (χ0n) is 5.24. The predicted molar refractivity (Wildman–Crippen MR) is 33.0 cm³/mol. The number of carbonyl (C=O) groups excluding carboxylic acids is 1. The van der Waals surface area contributed by atoms with E-state index < -0.39 is 0 Å². The van der Waals surface area contributed by atoms with Gasteiger partial charge in [-0.1, -0.05) is 13.3 Å². The summed E-state index contributed by atoms with van der Waals surface area (Å²) in [5, 5.41) is 2.31. The van der Waals surface area contributed by atoms with E-state index in [1.165, 1.54) is 0 Å². The second-order valence-electron chi connectivity index (χ2n) is 1.70. The van der Waals surface area contributed by atoms with Crippen LogP contribution < -0.4 is 5.32 Å². The molecule has 0 saturated carbocycles. The van der Waals surface area contributed by atoms with Crippen LogP contribution in [0.25, 0.3) is 0 Å². The SMILES string of the molecule is [CH2]NC(=O)CCCC. The highest BCUT2D eigenvalue weighted by Gasteiger charge is 1.92. The van der Waals surface area contributed by atoms with Crippen molar-refractivity contribution >= 4 is 5.91 Å². The number of amides is 1. The molecule has 0 unspecified atom stereocenters. The van der Waals surface area contributed by atoms with Crippen LogP contribution in [0.5, 0.6) is 0 Å². The number of unbranched alkanes of at least 4 members (excludes halogenated alkanes) is 1. The van der Waals surface area contributed by atoms with Gasteiger partial charge in [-0.3, -0.25) is 4.79 Å². The first kappa shape index (κ1) is 7.47. The molecule has 0 rings (SSSR count). The molecule has 0 spiro atoms. The average Bonchev–Trinajstić information content (AvgIpc) is 1.83. The zero-order chi connectivity index (χ0) is 6.41. The molecule has 47 valence electrons. The highest BCUT2D eigenvalue weighted by molar-refractivity contribution is 5.75. The van der Waals surface area contributed by atoms with E-state index in [1.54, 1.807) is 0 Å². The summed E-state index contributed by atoms with van der Waals surface area (Å²) in [4.78, 5) is 10.4. The standard InChI is InChI=1S/C6H12NO/c1-3-4-5-6(8)7-2/h2-5H2,1H3,(H,7,8). The van der Waals surface area contributed by atoms with Crippen molar-refractivity contribution < 1.29 is 4.79 Å². The molecule has 0 saturated heterocycles. The Labute approximate surface area is 50.3 Å². The molecule has 1 N–H and O–H groups in total. The molecule has 0 aliphatic heterocycles. The summed E-state index contributed by atoms with van der Waals surface area (Å²) in [6.07, 6.45) is 2.63. The van der Waals surface area contributed by atoms with Crippen molar-refractivity contribution in [2.24, 2.45) is 0 Å². The molecule has 0 aliphatic rings. The Balaban J connectivity index is 2.99. The van der Waals surface area contributed by atoms with Crippen LogP contribution in [-0.2, 0) is 4.79 Å². The fourth-order valence-corrected chi connectivity index (χ4v) is 0.426. The van der Waals surface area contributed by atoms with Gasteiger partial charge < -0.3 is 5.32 Å². The molecule has 1 radical (unpaired) electrons. The highest BCUT2D eigenvalue weighted by Crippen LogP contribution is 1.91. The predicted octanol–water partition coefficient (Wildman–Crippen LogP) is 1.08. The minimum Gasteiger partial charge on any atom is -0.354 e. The minimum atomic E-state index is 0.0341. The van der Waals surface area contributed by atoms with Crippen molar-refractivity contribution in [2.45, 2.75) is 26.2 Å². The van der Waals surface area contributed by atoms with E-state index in [2.05, 4.69) is 19.3 Å². The maximum Gasteiger partial charge on any atom is 0.220 e. The van der Waals surface area contributed by atoms with Gasteiger partial charge in [-0.25, -0.2) is 0 Å². The molecule has 0 aromatic carbocycles. The fourth-order valence-electron chi connectivity index (χ4n) is 0.426. The van der Waals surface area contributed by atoms with Gasteiger partial charge in [-0.15, -0.1) is 0 Å². The second kappa shape index (κ2) is 4.62. The Morgan fingerprint density at radius 3 is 2.75 bits per heavy atom. The van der Waals surface area contributed by atoms with E-state index in [0.29, 0.717) is 6.42 Å². The second-order valence-corrected chi connectivity index (χ2v) is 1.70. The summed E-state index contributed by atoms with van der Waals surface area (Å²) in [7, 11) is 3.24. The highest BCUT2D eigenvalue weighted by atomic mass is 16.1. The number of rotatable bonds is 3. The Hall–Kier alpha value is -0.530. The third kappa shape index (κ3) is 3.65. The summed E-state index contributed by atoms with van der Waals surface area (Å²) in [6, 6.07) is 0. The molecule has 8 heavy (non-hydrogen) atoms. The van der Waals surface area contributed by atoms with Crippen molar-refractivity contribution in [2.75, 3.05) is 0 Å². The Kier molecular flexibility index (Phi) is 4.32. The van der Waals surface area contributed by atoms with Crippen LogP contribution in [0.2, 0.25) is 0 Å². The Bertz CT molecular complexity index is 70.9. The van der Waals surface area contributed by atoms with Gasteiger partial charge in [0.2, 0.25) is 5.91 Å². The topological polar surface area (TPSA) is 29.1 Å². The quantitative estimate of drug-likeness (QED) is 0.584. The molecule has 2 nitrogen and oxygen atoms in total. The molecule has 0 atom stereocenters. The third-order valence-corrected chi connectivity index (χ3v) is 0.955. The maximum atomic E-state index is 10.4. The summed E-state index contributed by atoms with van der Waals surface area (Å²) in [5.41, 5.74) is 0. The van der Waals surface area contributed by atoms with Gasteiger partial charge in [-0.05, 0) is 6.42 Å². The maximum absolute atomic E-state index is 10.4. The van der Waals surface area contributed by atoms with Gasteiger partial charge in [0, 0.05) is 13.5 Å². The monoisotopic (exact) mass is 114 g/mol. The lowest BCUT2D eigenvalue weighted by molar-refractivity contribution is -0.120. The molecular formula is C6H12NO. The minimum absolute atomic E-state index is 0.0341. The van der Waals surface area contributed by atoms with Crippen LogP contribution in [0.15, 0.2) is 0 Å². The van der Waals surface area contributed by atoms with Crippen LogP contribution in [0.4, 0.5) is 0 Å². The van der Waals surface area contributed by atoms with E-state index in [1.807, 2.05) is 0 Å². The van der Waals surface area contributed by atoms with E-state index in [0.717, 1.165) is 12.8 Å². The first-order valence-corrected chi connectivity index (χ1v) is 2.87. The lowest BCUT2D eigenvalue weighted by Gasteiger charge is -1.93. The normalized spacial score (nSPS) is 8.75. The Morgan fingerprint density at radius 2 is 2.38 bits per heavy atom. The molecule has 0 bridgehead atoms. The zero-order valence-corrected chi connectivity index (χ0v) is 5.24. The number of hydrogen-bond acceptors (Lipinski definition) is 1. The molecule has 0 aliphatic carbocycles. The molecular weight excluding hydrogens is 102 g/mol. The summed E-state index contributed by atoms with van der Waals surface area (Å²) in [6.45, 7) is 2.05. The van der Waals surface area contributed by atoms with Crippen LogP contribution >= 0.6 is 0 Å². The molecule has 0 heterocycles. The molecule has 1 amide bonds. The van der Waals surface area contributed by atoms with Crippen molar-refractivity contribution in [3.05, 3.63) is 7.05 Å². The first-order chi connectivity index (χ1) is 3.81. The number of nitrogens with one attached hydrogen (secondary N) is 1. The summed E-state index contributed by atoms with van der Waals surface area (Å²) >= 11 is 0. The van der Waals surface area contributed by atoms with Crippen molar-refractivity contribution in [3.63, 3.8) is 0 Å². The first-order valence-electron chi connectivity index (χ1n) is 2.87. The van der Waals surface area contributed by atoms with E-state index in [-0.39, 0.29) is 5.91 Å². The molecule has 0 aromatic rings. The third-order valence-electron chi connectivity index (χ3n) is 0.955. The van der Waals surface area contributed by atoms with Crippen molar-refractivity contribution in [1.29, 1.82) is 0 Å². The Morgan fingerprint density at radius 1 is 1.75 bits per heavy atom. The van der Waals surface area contributed by atoms with E-state index in [9.17, 15) is 4.79 Å². The van der Waals surface area contributed by atoms with Gasteiger partial charge >= 0.3 is 0 Å². The lowest BCUT2D eigenvalue weighted by Crippen LogP contribution is -2.14. The smallest absolute Gasteiger partial charge is 0.220 e. The van der Waals surface area contributed by atoms with Gasteiger partial charge in [0.1, 0.15) is 0 Å². The average molecular weight is 114 g/mol. The summed E-state index contributed by atoms with van der Waals surface area (Å²) in [5.74, 6) is 0.0341. The van der Waals surface area contributed by atoms with Crippen LogP contribution in [-0.4, -0.2) is 5.91 Å². The number of hydrogen-bond donors (Lipinski definition) is 1. The number of carbonyl (C=O) groups is 1. The molecule has 2 heteroatoms. The van der Waals surface area contributed by atoms with Crippen molar-refractivity contribution in [1.82, 2.24) is 5.32 Å². The van der Waals surface area contributed by atoms with Gasteiger partial charge in [-0.2, -0.15) is 0 Å². The fraction of sp³-hybridized carbons (Fsp3) is 0.667. The van der Waals surface area contributed by atoms with Crippen LogP contribution in [0.1, 0.15) is 26.2 Å². The van der Waals surface area contributed by atoms with Gasteiger partial charge in [0.25, 0.3) is 0 Å². The lowest BCUT2D eigenvalue weighted by atomic mass is 10.2. The van der Waals surface area contributed by atoms with Gasteiger partial charge in [0.05, 0.1) is 0 Å². The van der Waals surface area contributed by atoms with Crippen LogP contribution in [0, 0.1) is 7.05 Å². The van der Waals surface area contributed by atoms with Crippen LogP contribution in [0.3, 0.4) is 0 Å². The van der Waals surface area contributed by atoms with E-state index >= 15 is 0 Å². The van der Waals surface area contributed by atoms with Crippen molar-refractivity contribution in [3.8, 4) is 0 Å². The molecule has 0 aromatic heterocycles. The van der Waals surface area contributed by atoms with Gasteiger partial charge in [0.15, 0.2) is 0 Å². The van der Waals surface area contributed by atoms with E-state index in [4.69, 9.17) is 0 Å². The molecule has 0 fully saturated rings.